The molecular formula is C25H27F4N3O6S. The van der Waals surface area contributed by atoms with Gasteiger partial charge in [0.2, 0.25) is 0 Å². The maximum absolute atomic E-state index is 13.7. The molecule has 3 aromatic rings. The second-order valence-electron chi connectivity index (χ2n) is 10.5. The molecular weight excluding hydrogens is 546 g/mol. The molecule has 0 spiro atoms. The van der Waals surface area contributed by atoms with E-state index < -0.39 is 56.9 Å². The average Bonchev–Trinajstić information content (AvgIpc) is 3.06. The lowest BCUT2D eigenvalue weighted by molar-refractivity contribution is -0.236. The van der Waals surface area contributed by atoms with Crippen LogP contribution in [0.15, 0.2) is 47.3 Å². The Hall–Kier alpha value is -3.39. The van der Waals surface area contributed by atoms with Crippen LogP contribution in [0.1, 0.15) is 44.1 Å². The molecule has 1 fully saturated rings. The maximum atomic E-state index is 13.7. The highest BCUT2D eigenvalue weighted by Crippen LogP contribution is 2.31. The van der Waals surface area contributed by atoms with Crippen molar-refractivity contribution in [3.05, 3.63) is 58.5 Å². The Labute approximate surface area is 220 Å². The summed E-state index contributed by atoms with van der Waals surface area (Å²) < 4.78 is 81.5. The molecule has 0 saturated carbocycles. The van der Waals surface area contributed by atoms with Gasteiger partial charge in [-0.15, -0.1) is 0 Å². The van der Waals surface area contributed by atoms with E-state index in [1.54, 1.807) is 13.8 Å². The lowest BCUT2D eigenvalue weighted by Gasteiger charge is -2.38. The van der Waals surface area contributed by atoms with E-state index in [-0.39, 0.29) is 33.8 Å². The largest absolute Gasteiger partial charge is 0.457 e. The van der Waals surface area contributed by atoms with Crippen LogP contribution in [-0.4, -0.2) is 63.7 Å². The molecule has 1 aliphatic rings. The van der Waals surface area contributed by atoms with Crippen LogP contribution in [0, 0.1) is 0 Å². The van der Waals surface area contributed by atoms with Crippen molar-refractivity contribution < 1.29 is 40.6 Å². The molecule has 14 heteroatoms. The zero-order valence-corrected chi connectivity index (χ0v) is 22.2. The molecule has 2 heterocycles. The zero-order chi connectivity index (χ0) is 29.1. The monoisotopic (exact) mass is 573 g/mol. The molecule has 2 N–H and O–H groups in total. The minimum absolute atomic E-state index is 0.0583. The fourth-order valence-corrected chi connectivity index (χ4v) is 6.53. The molecule has 9 nitrogen and oxygen atoms in total. The summed E-state index contributed by atoms with van der Waals surface area (Å²) in [7, 11) is -3.23. The van der Waals surface area contributed by atoms with Crippen LogP contribution >= 0.6 is 0 Å². The van der Waals surface area contributed by atoms with Gasteiger partial charge in [-0.25, -0.2) is 13.2 Å². The smallest absolute Gasteiger partial charge is 0.452 e. The van der Waals surface area contributed by atoms with E-state index in [0.29, 0.717) is 0 Å². The first kappa shape index (κ1) is 28.6. The molecule has 0 aliphatic carbocycles. The van der Waals surface area contributed by atoms with Gasteiger partial charge in [0.1, 0.15) is 5.75 Å². The van der Waals surface area contributed by atoms with Gasteiger partial charge in [-0.1, -0.05) is 6.07 Å². The number of alkyl halides is 4. The summed E-state index contributed by atoms with van der Waals surface area (Å²) in [5.74, 6) is -1.47. The third-order valence-electron chi connectivity index (χ3n) is 6.61. The Kier molecular flexibility index (Phi) is 6.87. The summed E-state index contributed by atoms with van der Waals surface area (Å²) in [5.41, 5.74) is -2.39. The number of nitrogens with zero attached hydrogens (tertiary/aromatic N) is 2. The molecule has 1 aromatic heterocycles. The van der Waals surface area contributed by atoms with Crippen LogP contribution in [0.5, 0.6) is 5.75 Å². The number of aliphatic hydroxyl groups is 1. The van der Waals surface area contributed by atoms with Crippen LogP contribution < -0.4 is 15.7 Å². The number of hydrogen-bond donors (Lipinski definition) is 2. The third-order valence-corrected chi connectivity index (χ3v) is 8.76. The van der Waals surface area contributed by atoms with Gasteiger partial charge in [0.15, 0.2) is 9.84 Å². The van der Waals surface area contributed by atoms with Gasteiger partial charge in [-0.2, -0.15) is 17.6 Å². The first-order chi connectivity index (χ1) is 17.8. The molecule has 1 aliphatic heterocycles. The van der Waals surface area contributed by atoms with Crippen molar-refractivity contribution in [1.29, 1.82) is 0 Å². The van der Waals surface area contributed by atoms with Crippen LogP contribution in [0.3, 0.4) is 0 Å². The molecule has 2 atom stereocenters. The Morgan fingerprint density at radius 2 is 1.77 bits per heavy atom. The number of sulfone groups is 1. The van der Waals surface area contributed by atoms with E-state index in [1.165, 1.54) is 48.7 Å². The highest BCUT2D eigenvalue weighted by atomic mass is 32.2. The quantitative estimate of drug-likeness (QED) is 0.419. The summed E-state index contributed by atoms with van der Waals surface area (Å²) in [6, 6.07) is 8.30. The van der Waals surface area contributed by atoms with Gasteiger partial charge in [0.25, 0.3) is 5.91 Å². The van der Waals surface area contributed by atoms with Crippen LogP contribution in [0.2, 0.25) is 0 Å². The SMILES string of the molecule is C[C@H](n1c(=O)n(-c2cccc(O[C@@H](F)C(F)(F)F)c2)c2ccc(C(=O)NC3(C)CS(=O)(=O)C3)cc21)C(C)(C)O. The van der Waals surface area contributed by atoms with Crippen molar-refractivity contribution in [2.45, 2.75) is 57.4 Å². The van der Waals surface area contributed by atoms with Gasteiger partial charge in [0.05, 0.1) is 45.4 Å². The minimum Gasteiger partial charge on any atom is -0.452 e. The lowest BCUT2D eigenvalue weighted by atomic mass is 10.0. The molecule has 0 unspecified atom stereocenters. The Bertz CT molecular complexity index is 1590. The molecule has 2 aromatic carbocycles. The number of benzene rings is 2. The van der Waals surface area contributed by atoms with Crippen LogP contribution in [-0.2, 0) is 9.84 Å². The van der Waals surface area contributed by atoms with Gasteiger partial charge in [-0.3, -0.25) is 13.9 Å². The minimum atomic E-state index is -5.25. The summed E-state index contributed by atoms with van der Waals surface area (Å²) >= 11 is 0. The van der Waals surface area contributed by atoms with Crippen LogP contribution in [0.25, 0.3) is 16.7 Å². The summed E-state index contributed by atoms with van der Waals surface area (Å²) in [4.78, 5) is 26.6. The lowest BCUT2D eigenvalue weighted by Crippen LogP contribution is -2.63. The average molecular weight is 574 g/mol. The van der Waals surface area contributed by atoms with Crippen molar-refractivity contribution in [2.24, 2.45) is 0 Å². The Balaban J connectivity index is 1.82. The van der Waals surface area contributed by atoms with Gasteiger partial charge < -0.3 is 15.2 Å². The highest BCUT2D eigenvalue weighted by Gasteiger charge is 2.46. The number of hydrogen-bond acceptors (Lipinski definition) is 6. The number of fused-ring (bicyclic) bond motifs is 1. The van der Waals surface area contributed by atoms with Gasteiger partial charge >= 0.3 is 18.2 Å². The summed E-state index contributed by atoms with van der Waals surface area (Å²) in [5, 5.41) is 13.4. The fraction of sp³-hybridized carbons (Fsp3) is 0.440. The summed E-state index contributed by atoms with van der Waals surface area (Å²) in [6.45, 7) is 6.14. The second kappa shape index (κ2) is 9.37. The van der Waals surface area contributed by atoms with E-state index in [1.807, 2.05) is 0 Å². The first-order valence-electron chi connectivity index (χ1n) is 11.8. The number of amides is 1. The topological polar surface area (TPSA) is 120 Å². The number of carbonyl (C=O) groups excluding carboxylic acids is 1. The maximum Gasteiger partial charge on any atom is 0.457 e. The standard InChI is InChI=1S/C25H27F4N3O6S/c1-14(23(2,3)35)31-19-10-15(20(33)30-24(4)12-39(36,37)13-24)8-9-18(19)32(22(31)34)16-6-5-7-17(11-16)38-21(26)25(27,28)29/h5-11,14,21,35H,12-13H2,1-4H3,(H,30,33)/t14-,21+/m0/s1. The Morgan fingerprint density at radius 1 is 1.13 bits per heavy atom. The molecule has 4 rings (SSSR count). The number of aromatic nitrogens is 2. The van der Waals surface area contributed by atoms with Crippen LogP contribution in [0.4, 0.5) is 17.6 Å². The Morgan fingerprint density at radius 3 is 2.33 bits per heavy atom. The zero-order valence-electron chi connectivity index (χ0n) is 21.4. The predicted molar refractivity (Wildman–Crippen MR) is 135 cm³/mol. The highest BCUT2D eigenvalue weighted by molar-refractivity contribution is 7.93. The molecule has 0 radical (unpaired) electrons. The second-order valence-corrected chi connectivity index (χ2v) is 12.6. The van der Waals surface area contributed by atoms with Crippen molar-refractivity contribution in [1.82, 2.24) is 14.5 Å². The van der Waals surface area contributed by atoms with Gasteiger partial charge in [0, 0.05) is 11.6 Å². The van der Waals surface area contributed by atoms with Crippen molar-refractivity contribution in [2.75, 3.05) is 11.5 Å². The number of ether oxygens (including phenoxy) is 1. The van der Waals surface area contributed by atoms with Crippen molar-refractivity contribution in [3.8, 4) is 11.4 Å². The van der Waals surface area contributed by atoms with E-state index >= 15 is 0 Å². The van der Waals surface area contributed by atoms with Crippen molar-refractivity contribution >= 4 is 26.8 Å². The van der Waals surface area contributed by atoms with Crippen molar-refractivity contribution in [3.63, 3.8) is 0 Å². The fourth-order valence-electron chi connectivity index (χ4n) is 4.53. The molecule has 212 valence electrons. The first-order valence-corrected chi connectivity index (χ1v) is 13.6. The third kappa shape index (κ3) is 5.66. The van der Waals surface area contributed by atoms with Gasteiger partial charge in [-0.05, 0) is 58.0 Å². The molecule has 1 saturated heterocycles. The molecule has 1 amide bonds. The number of halogens is 4. The summed E-state index contributed by atoms with van der Waals surface area (Å²) in [6.07, 6.45) is -8.82. The van der Waals surface area contributed by atoms with E-state index in [2.05, 4.69) is 10.1 Å². The van der Waals surface area contributed by atoms with E-state index in [9.17, 15) is 40.7 Å². The number of nitrogens with one attached hydrogen (secondary N) is 1. The van der Waals surface area contributed by atoms with E-state index in [4.69, 9.17) is 0 Å². The molecule has 0 bridgehead atoms. The number of carbonyl (C=O) groups is 1. The number of imidazole rings is 1. The normalized spacial score (nSPS) is 18.3. The predicted octanol–water partition coefficient (Wildman–Crippen LogP) is 3.28. The number of rotatable bonds is 7. The molecule has 39 heavy (non-hydrogen) atoms. The van der Waals surface area contributed by atoms with E-state index in [0.717, 1.165) is 16.7 Å².